The molecule has 2 N–H and O–H groups in total. The van der Waals surface area contributed by atoms with E-state index in [4.69, 9.17) is 28.8 Å². The van der Waals surface area contributed by atoms with E-state index in [9.17, 15) is 14.9 Å². The summed E-state index contributed by atoms with van der Waals surface area (Å²) in [4.78, 5) is 25.3. The number of nitrogens with zero attached hydrogens (tertiary/aromatic N) is 1. The first kappa shape index (κ1) is 20.9. The van der Waals surface area contributed by atoms with Gasteiger partial charge in [-0.1, -0.05) is 18.2 Å². The fraction of sp³-hybridized carbons (Fsp3) is 0.0800. The predicted octanol–water partition coefficient (Wildman–Crippen LogP) is 3.83. The summed E-state index contributed by atoms with van der Waals surface area (Å²) >= 11 is 0. The van der Waals surface area contributed by atoms with Gasteiger partial charge in [-0.3, -0.25) is 0 Å². The number of fused-ring (bicyclic) bond motifs is 3. The maximum atomic E-state index is 13.0. The van der Waals surface area contributed by atoms with Crippen LogP contribution in [0.15, 0.2) is 85.9 Å². The second-order valence-electron chi connectivity index (χ2n) is 7.33. The van der Waals surface area contributed by atoms with Crippen LogP contribution in [-0.4, -0.2) is 13.1 Å². The van der Waals surface area contributed by atoms with Crippen LogP contribution in [0.5, 0.6) is 17.2 Å². The summed E-state index contributed by atoms with van der Waals surface area (Å²) in [6.07, 6.45) is 1.36. The van der Waals surface area contributed by atoms with E-state index >= 15 is 0 Å². The van der Waals surface area contributed by atoms with Gasteiger partial charge in [-0.25, -0.2) is 9.59 Å². The van der Waals surface area contributed by atoms with Crippen LogP contribution in [0.2, 0.25) is 0 Å². The third kappa shape index (κ3) is 3.34. The number of hydrogen-bond acceptors (Lipinski definition) is 9. The van der Waals surface area contributed by atoms with Gasteiger partial charge in [0.1, 0.15) is 17.2 Å². The van der Waals surface area contributed by atoms with Gasteiger partial charge in [-0.05, 0) is 42.0 Å². The molecule has 2 aromatic carbocycles. The molecule has 0 saturated heterocycles. The van der Waals surface area contributed by atoms with Crippen molar-refractivity contribution in [3.05, 3.63) is 99.6 Å². The molecule has 4 aromatic rings. The Balaban J connectivity index is 1.65. The number of methoxy groups -OCH3 is 1. The molecule has 0 saturated carbocycles. The molecule has 9 heteroatoms. The van der Waals surface area contributed by atoms with Gasteiger partial charge < -0.3 is 28.8 Å². The Bertz CT molecular complexity index is 1560. The van der Waals surface area contributed by atoms with Gasteiger partial charge in [0.05, 0.1) is 30.2 Å². The number of benzene rings is 2. The fourth-order valence-electron chi connectivity index (χ4n) is 3.89. The van der Waals surface area contributed by atoms with Crippen molar-refractivity contribution in [1.82, 2.24) is 0 Å². The predicted molar refractivity (Wildman–Crippen MR) is 118 cm³/mol. The largest absolute Gasteiger partial charge is 0.493 e. The summed E-state index contributed by atoms with van der Waals surface area (Å²) in [6.45, 7) is 0. The molecule has 9 nitrogen and oxygen atoms in total. The number of allylic oxidation sites excluding steroid dienone is 1. The van der Waals surface area contributed by atoms with Gasteiger partial charge in [-0.2, -0.15) is 5.26 Å². The summed E-state index contributed by atoms with van der Waals surface area (Å²) in [6, 6.07) is 16.6. The Morgan fingerprint density at radius 3 is 2.68 bits per heavy atom. The summed E-state index contributed by atoms with van der Waals surface area (Å²) < 4.78 is 27.1. The number of rotatable bonds is 4. The Kier molecular flexibility index (Phi) is 5.03. The van der Waals surface area contributed by atoms with Crippen LogP contribution >= 0.6 is 0 Å². The Labute approximate surface area is 192 Å². The minimum atomic E-state index is -0.890. The van der Waals surface area contributed by atoms with Crippen molar-refractivity contribution in [3.8, 4) is 23.3 Å². The van der Waals surface area contributed by atoms with Crippen molar-refractivity contribution in [2.24, 2.45) is 5.73 Å². The standard InChI is InChI=1S/C25H16N2O7/c1-30-19-11-13(8-9-17(19)33-24(28)18-7-4-10-31-18)20-15(12-26)23(27)34-22-14-5-2-3-6-16(14)32-25(29)21(20)22/h2-11,20H,27H2,1H3/t20-/m1/s1. The zero-order valence-corrected chi connectivity index (χ0v) is 17.7. The number of carbonyl (C=O) groups excluding carboxylic acids is 1. The zero-order valence-electron chi connectivity index (χ0n) is 17.7. The van der Waals surface area contributed by atoms with Crippen molar-refractivity contribution < 1.29 is 27.8 Å². The topological polar surface area (TPSA) is 138 Å². The van der Waals surface area contributed by atoms with E-state index in [0.717, 1.165) is 0 Å². The number of furan rings is 1. The van der Waals surface area contributed by atoms with Crippen molar-refractivity contribution >= 4 is 16.9 Å². The van der Waals surface area contributed by atoms with E-state index < -0.39 is 17.5 Å². The molecule has 0 unspecified atom stereocenters. The minimum absolute atomic E-state index is 0.0245. The first-order chi connectivity index (χ1) is 16.5. The number of nitrogens with two attached hydrogens (primary N) is 1. The van der Waals surface area contributed by atoms with Crippen molar-refractivity contribution in [2.45, 2.75) is 5.92 Å². The summed E-state index contributed by atoms with van der Waals surface area (Å²) in [7, 11) is 1.40. The molecule has 168 valence electrons. The van der Waals surface area contributed by atoms with Gasteiger partial charge >= 0.3 is 11.6 Å². The maximum Gasteiger partial charge on any atom is 0.379 e. The maximum absolute atomic E-state index is 13.0. The first-order valence-corrected chi connectivity index (χ1v) is 10.1. The molecule has 0 spiro atoms. The third-order valence-corrected chi connectivity index (χ3v) is 5.42. The van der Waals surface area contributed by atoms with Crippen LogP contribution in [0, 0.1) is 11.3 Å². The van der Waals surface area contributed by atoms with E-state index in [1.165, 1.54) is 25.5 Å². The molecule has 0 radical (unpaired) electrons. The molecule has 34 heavy (non-hydrogen) atoms. The zero-order chi connectivity index (χ0) is 23.8. The molecule has 0 fully saturated rings. The Morgan fingerprint density at radius 2 is 1.94 bits per heavy atom. The number of esters is 1. The minimum Gasteiger partial charge on any atom is -0.493 e. The van der Waals surface area contributed by atoms with Crippen molar-refractivity contribution in [1.29, 1.82) is 5.26 Å². The molecule has 1 atom stereocenters. The lowest BCUT2D eigenvalue weighted by molar-refractivity contribution is 0.0696. The van der Waals surface area contributed by atoms with Crippen LogP contribution in [0.4, 0.5) is 0 Å². The van der Waals surface area contributed by atoms with Gasteiger partial charge in [0.15, 0.2) is 17.2 Å². The second-order valence-corrected chi connectivity index (χ2v) is 7.33. The number of nitriles is 1. The SMILES string of the molecule is COc1cc([C@@H]2C(C#N)=C(N)Oc3c2c(=O)oc2ccccc32)ccc1OC(=O)c1ccco1. The molecule has 3 heterocycles. The molecule has 1 aliphatic heterocycles. The van der Waals surface area contributed by atoms with Crippen LogP contribution in [0.25, 0.3) is 11.0 Å². The van der Waals surface area contributed by atoms with Crippen LogP contribution in [-0.2, 0) is 0 Å². The van der Waals surface area contributed by atoms with E-state index in [0.29, 0.717) is 16.5 Å². The number of ether oxygens (including phenoxy) is 3. The molecule has 2 aromatic heterocycles. The van der Waals surface area contributed by atoms with Gasteiger partial charge in [0, 0.05) is 0 Å². The average Bonchev–Trinajstić information content (AvgIpc) is 3.39. The van der Waals surface area contributed by atoms with Gasteiger partial charge in [-0.15, -0.1) is 0 Å². The lowest BCUT2D eigenvalue weighted by Gasteiger charge is -2.26. The highest BCUT2D eigenvalue weighted by Crippen LogP contribution is 2.45. The monoisotopic (exact) mass is 456 g/mol. The number of carbonyl (C=O) groups is 1. The second kappa shape index (κ2) is 8.18. The molecule has 1 aliphatic rings. The summed E-state index contributed by atoms with van der Waals surface area (Å²) in [5, 5.41) is 10.4. The highest BCUT2D eigenvalue weighted by Gasteiger charge is 2.36. The Morgan fingerprint density at radius 1 is 1.12 bits per heavy atom. The normalized spacial score (nSPS) is 14.8. The van der Waals surface area contributed by atoms with Gasteiger partial charge in [0.25, 0.3) is 0 Å². The number of para-hydroxylation sites is 1. The lowest BCUT2D eigenvalue weighted by atomic mass is 9.83. The summed E-state index contributed by atoms with van der Waals surface area (Å²) in [5.41, 5.74) is 6.41. The highest BCUT2D eigenvalue weighted by molar-refractivity contribution is 5.88. The molecule has 5 rings (SSSR count). The average molecular weight is 456 g/mol. The highest BCUT2D eigenvalue weighted by atomic mass is 16.6. The van der Waals surface area contributed by atoms with E-state index in [1.807, 2.05) is 6.07 Å². The quantitative estimate of drug-likeness (QED) is 0.276. The summed E-state index contributed by atoms with van der Waals surface area (Å²) in [5.74, 6) is -1.15. The van der Waals surface area contributed by atoms with E-state index in [-0.39, 0.29) is 40.0 Å². The van der Waals surface area contributed by atoms with E-state index in [1.54, 1.807) is 42.5 Å². The van der Waals surface area contributed by atoms with Gasteiger partial charge in [0.2, 0.25) is 11.6 Å². The van der Waals surface area contributed by atoms with Crippen LogP contribution in [0.3, 0.4) is 0 Å². The Hall–Kier alpha value is -4.97. The third-order valence-electron chi connectivity index (χ3n) is 5.42. The number of hydrogen-bond donors (Lipinski definition) is 1. The first-order valence-electron chi connectivity index (χ1n) is 10.1. The molecular weight excluding hydrogens is 440 g/mol. The lowest BCUT2D eigenvalue weighted by Crippen LogP contribution is -2.26. The van der Waals surface area contributed by atoms with E-state index in [2.05, 4.69) is 0 Å². The van der Waals surface area contributed by atoms with Crippen molar-refractivity contribution in [2.75, 3.05) is 7.11 Å². The molecular formula is C25H16N2O7. The smallest absolute Gasteiger partial charge is 0.379 e. The fourth-order valence-corrected chi connectivity index (χ4v) is 3.89. The van der Waals surface area contributed by atoms with Crippen LogP contribution in [0.1, 0.15) is 27.6 Å². The molecule has 0 aliphatic carbocycles. The molecule has 0 bridgehead atoms. The molecule has 0 amide bonds. The van der Waals surface area contributed by atoms with Crippen LogP contribution < -0.4 is 25.6 Å². The van der Waals surface area contributed by atoms with Crippen molar-refractivity contribution in [3.63, 3.8) is 0 Å².